The molecule has 0 bridgehead atoms. The Kier molecular flexibility index (Phi) is 6.81. The molecule has 35 heavy (non-hydrogen) atoms. The highest BCUT2D eigenvalue weighted by molar-refractivity contribution is 5.93. The van der Waals surface area contributed by atoms with Crippen LogP contribution in [0.3, 0.4) is 0 Å². The van der Waals surface area contributed by atoms with E-state index < -0.39 is 35.6 Å². The number of alkyl halides is 3. The minimum atomic E-state index is -4.74. The van der Waals surface area contributed by atoms with E-state index in [4.69, 9.17) is 0 Å². The van der Waals surface area contributed by atoms with E-state index in [1.165, 1.54) is 23.1 Å². The van der Waals surface area contributed by atoms with Crippen molar-refractivity contribution in [3.05, 3.63) is 123 Å². The third kappa shape index (κ3) is 5.84. The van der Waals surface area contributed by atoms with Gasteiger partial charge in [-0.2, -0.15) is 18.3 Å². The lowest BCUT2D eigenvalue weighted by atomic mass is 10.1. The van der Waals surface area contributed by atoms with Gasteiger partial charge in [0.15, 0.2) is 0 Å². The number of rotatable bonds is 7. The molecule has 0 saturated heterocycles. The quantitative estimate of drug-likeness (QED) is 0.399. The molecule has 0 atom stereocenters. The van der Waals surface area contributed by atoms with Gasteiger partial charge < -0.3 is 9.88 Å². The Morgan fingerprint density at radius 1 is 0.943 bits per heavy atom. The number of hydrogen-bond donors (Lipinski definition) is 1. The number of carbonyl (C=O) groups is 1. The highest BCUT2D eigenvalue weighted by atomic mass is 19.4. The summed E-state index contributed by atoms with van der Waals surface area (Å²) in [5.74, 6) is -1.72. The van der Waals surface area contributed by atoms with Gasteiger partial charge in [0, 0.05) is 30.6 Å². The molecule has 1 amide bonds. The molecule has 0 unspecified atom stereocenters. The number of nitrogens with one attached hydrogen (secondary N) is 1. The second kappa shape index (κ2) is 9.96. The summed E-state index contributed by atoms with van der Waals surface area (Å²) in [6.07, 6.45) is -0.279. The first kappa shape index (κ1) is 23.9. The van der Waals surface area contributed by atoms with Crippen molar-refractivity contribution >= 4 is 5.91 Å². The maximum atomic E-state index is 14.0. The smallest absolute Gasteiger partial charge is 0.348 e. The maximum absolute atomic E-state index is 14.0. The molecule has 4 aromatic rings. The van der Waals surface area contributed by atoms with Crippen LogP contribution in [0.5, 0.6) is 0 Å². The van der Waals surface area contributed by atoms with Crippen LogP contribution in [0.15, 0.2) is 84.0 Å². The van der Waals surface area contributed by atoms with Crippen molar-refractivity contribution in [3.63, 3.8) is 0 Å². The van der Waals surface area contributed by atoms with E-state index in [1.807, 2.05) is 24.3 Å². The zero-order valence-electron chi connectivity index (χ0n) is 18.3. The molecule has 0 saturated carbocycles. The molecule has 6 nitrogen and oxygen atoms in total. The molecular weight excluding hydrogens is 464 g/mol. The van der Waals surface area contributed by atoms with Crippen molar-refractivity contribution in [3.8, 4) is 0 Å². The molecule has 0 spiro atoms. The van der Waals surface area contributed by atoms with Gasteiger partial charge in [-0.15, -0.1) is 0 Å². The van der Waals surface area contributed by atoms with Crippen molar-refractivity contribution in [2.75, 3.05) is 0 Å². The summed E-state index contributed by atoms with van der Waals surface area (Å²) < 4.78 is 56.5. The molecule has 180 valence electrons. The summed E-state index contributed by atoms with van der Waals surface area (Å²) in [5.41, 5.74) is 0.116. The summed E-state index contributed by atoms with van der Waals surface area (Å²) in [6.45, 7) is 0.173. The lowest BCUT2D eigenvalue weighted by molar-refractivity contribution is -0.138. The fourth-order valence-corrected chi connectivity index (χ4v) is 3.57. The minimum Gasteiger partial charge on any atom is -0.348 e. The number of hydrogen-bond acceptors (Lipinski definition) is 3. The number of aromatic nitrogens is 3. The van der Waals surface area contributed by atoms with Crippen molar-refractivity contribution in [1.82, 2.24) is 19.7 Å². The molecule has 4 rings (SSSR count). The van der Waals surface area contributed by atoms with Crippen molar-refractivity contribution < 1.29 is 22.4 Å². The minimum absolute atomic E-state index is 0.0939. The van der Waals surface area contributed by atoms with Crippen LogP contribution in [-0.2, 0) is 25.8 Å². The number of nitrogens with zero attached hydrogens (tertiary/aromatic N) is 3. The Balaban J connectivity index is 1.38. The van der Waals surface area contributed by atoms with Gasteiger partial charge in [-0.25, -0.2) is 4.39 Å². The van der Waals surface area contributed by atoms with E-state index in [0.717, 1.165) is 29.3 Å². The first-order valence-electron chi connectivity index (χ1n) is 10.6. The number of amides is 1. The predicted octanol–water partition coefficient (Wildman–Crippen LogP) is 4.23. The fraction of sp³-hybridized carbons (Fsp3) is 0.160. The zero-order valence-corrected chi connectivity index (χ0v) is 18.3. The molecule has 0 radical (unpaired) electrons. The first-order chi connectivity index (χ1) is 16.7. The normalized spacial score (nSPS) is 11.4. The molecule has 10 heteroatoms. The summed E-state index contributed by atoms with van der Waals surface area (Å²) in [7, 11) is 0. The van der Waals surface area contributed by atoms with E-state index >= 15 is 0 Å². The molecule has 2 heterocycles. The second-order valence-electron chi connectivity index (χ2n) is 7.86. The predicted molar refractivity (Wildman–Crippen MR) is 120 cm³/mol. The van der Waals surface area contributed by atoms with Crippen molar-refractivity contribution in [2.24, 2.45) is 0 Å². The number of halogens is 4. The molecule has 2 aromatic heterocycles. The van der Waals surface area contributed by atoms with Crippen LogP contribution >= 0.6 is 0 Å². The lowest BCUT2D eigenvalue weighted by Gasteiger charge is -2.14. The fourth-order valence-electron chi connectivity index (χ4n) is 3.57. The van der Waals surface area contributed by atoms with Crippen LogP contribution in [0.1, 0.15) is 32.6 Å². The van der Waals surface area contributed by atoms with Crippen LogP contribution in [0.25, 0.3) is 0 Å². The van der Waals surface area contributed by atoms with Crippen LogP contribution in [0, 0.1) is 5.82 Å². The van der Waals surface area contributed by atoms with Gasteiger partial charge in [0.25, 0.3) is 11.5 Å². The standard InChI is InChI=1S/C25H20F4N4O2/c26-22-5-3-4-21(25(27,28)29)20(22)13-30-24(35)19-12-31-33(16-19)15-18-9-7-17(8-10-18)14-32-11-2-1-6-23(32)34/h1-12,16H,13-15H2,(H,30,35). The monoisotopic (exact) mass is 484 g/mol. The number of benzene rings is 2. The molecule has 0 fully saturated rings. The average molecular weight is 484 g/mol. The van der Waals surface area contributed by atoms with Crippen LogP contribution in [-0.4, -0.2) is 20.3 Å². The molecule has 0 aliphatic heterocycles. The van der Waals surface area contributed by atoms with Gasteiger partial charge in [0.1, 0.15) is 5.82 Å². The van der Waals surface area contributed by atoms with E-state index in [-0.39, 0.29) is 11.1 Å². The summed E-state index contributed by atoms with van der Waals surface area (Å²) in [4.78, 5) is 24.2. The van der Waals surface area contributed by atoms with E-state index in [1.54, 1.807) is 22.9 Å². The Hall–Kier alpha value is -4.21. The van der Waals surface area contributed by atoms with Crippen molar-refractivity contribution in [1.29, 1.82) is 0 Å². The van der Waals surface area contributed by atoms with Gasteiger partial charge in [-0.05, 0) is 29.3 Å². The highest BCUT2D eigenvalue weighted by Gasteiger charge is 2.34. The highest BCUT2D eigenvalue weighted by Crippen LogP contribution is 2.33. The SMILES string of the molecule is O=C(NCc1c(F)cccc1C(F)(F)F)c1cnn(Cc2ccc(Cn3ccccc3=O)cc2)c1. The second-order valence-corrected chi connectivity index (χ2v) is 7.86. The Bertz CT molecular complexity index is 1390. The third-order valence-electron chi connectivity index (χ3n) is 5.36. The average Bonchev–Trinajstić information content (AvgIpc) is 3.29. The lowest BCUT2D eigenvalue weighted by Crippen LogP contribution is -2.25. The van der Waals surface area contributed by atoms with Gasteiger partial charge >= 0.3 is 6.18 Å². The van der Waals surface area contributed by atoms with Gasteiger partial charge in [-0.1, -0.05) is 36.4 Å². The van der Waals surface area contributed by atoms with E-state index in [9.17, 15) is 27.2 Å². The van der Waals surface area contributed by atoms with Crippen LogP contribution in [0.4, 0.5) is 17.6 Å². The molecule has 1 N–H and O–H groups in total. The van der Waals surface area contributed by atoms with E-state index in [2.05, 4.69) is 10.4 Å². The van der Waals surface area contributed by atoms with Gasteiger partial charge in [0.2, 0.25) is 0 Å². The van der Waals surface area contributed by atoms with Gasteiger partial charge in [0.05, 0.1) is 30.4 Å². The van der Waals surface area contributed by atoms with Crippen LogP contribution < -0.4 is 10.9 Å². The van der Waals surface area contributed by atoms with Crippen molar-refractivity contribution in [2.45, 2.75) is 25.8 Å². The molecule has 2 aromatic carbocycles. The number of carbonyl (C=O) groups excluding carboxylic acids is 1. The molecular formula is C25H20F4N4O2. The number of pyridine rings is 1. The summed E-state index contributed by atoms with van der Waals surface area (Å²) >= 11 is 0. The van der Waals surface area contributed by atoms with Gasteiger partial charge in [-0.3, -0.25) is 14.3 Å². The molecule has 0 aliphatic carbocycles. The first-order valence-corrected chi connectivity index (χ1v) is 10.6. The topological polar surface area (TPSA) is 68.9 Å². The van der Waals surface area contributed by atoms with E-state index in [0.29, 0.717) is 13.1 Å². The summed E-state index contributed by atoms with van der Waals surface area (Å²) in [5, 5.41) is 6.44. The zero-order chi connectivity index (χ0) is 25.0. The molecule has 0 aliphatic rings. The Labute approximate surface area is 197 Å². The largest absolute Gasteiger partial charge is 0.416 e. The Morgan fingerprint density at radius 2 is 1.66 bits per heavy atom. The summed E-state index contributed by atoms with van der Waals surface area (Å²) in [6, 6.07) is 15.1. The third-order valence-corrected chi connectivity index (χ3v) is 5.36. The maximum Gasteiger partial charge on any atom is 0.416 e. The van der Waals surface area contributed by atoms with Crippen LogP contribution in [0.2, 0.25) is 0 Å². The Morgan fingerprint density at radius 3 is 2.34 bits per heavy atom.